The maximum absolute atomic E-state index is 12.1. The third-order valence-electron chi connectivity index (χ3n) is 4.21. The number of carbonyl (C=O) groups is 1. The number of carbonyl (C=O) groups excluding carboxylic acids is 1. The van der Waals surface area contributed by atoms with Gasteiger partial charge >= 0.3 is 0 Å². The minimum absolute atomic E-state index is 0.00109. The van der Waals surface area contributed by atoms with E-state index in [0.29, 0.717) is 38.3 Å². The molecule has 0 spiro atoms. The van der Waals surface area contributed by atoms with E-state index in [1.165, 1.54) is 0 Å². The van der Waals surface area contributed by atoms with Crippen LogP contribution in [0.25, 0.3) is 0 Å². The number of rotatable bonds is 6. The topological polar surface area (TPSA) is 92.5 Å². The Bertz CT molecular complexity index is 440. The summed E-state index contributed by atoms with van der Waals surface area (Å²) >= 11 is 0. The van der Waals surface area contributed by atoms with Crippen molar-refractivity contribution in [1.29, 1.82) is 0 Å². The highest BCUT2D eigenvalue weighted by atomic mass is 32.2. The minimum atomic E-state index is -3.15. The number of sulfonamides is 1. The van der Waals surface area contributed by atoms with E-state index in [9.17, 15) is 13.2 Å². The van der Waals surface area contributed by atoms with Crippen molar-refractivity contribution in [3.63, 3.8) is 0 Å². The Morgan fingerprint density at radius 2 is 1.90 bits per heavy atom. The molecule has 1 heterocycles. The zero-order valence-electron chi connectivity index (χ0n) is 12.0. The summed E-state index contributed by atoms with van der Waals surface area (Å²) in [5.41, 5.74) is 5.98. The molecule has 0 aromatic rings. The predicted octanol–water partition coefficient (Wildman–Crippen LogP) is 0.0441. The largest absolute Gasteiger partial charge is 0.343 e. The molecule has 1 aliphatic heterocycles. The van der Waals surface area contributed by atoms with E-state index in [1.54, 1.807) is 6.92 Å². The van der Waals surface area contributed by atoms with Gasteiger partial charge in [0.25, 0.3) is 0 Å². The molecule has 2 rings (SSSR count). The average Bonchev–Trinajstić information content (AvgIpc) is 3.23. The van der Waals surface area contributed by atoms with Gasteiger partial charge in [0.2, 0.25) is 15.9 Å². The number of nitrogens with zero attached hydrogens (tertiary/aromatic N) is 1. The molecule has 20 heavy (non-hydrogen) atoms. The second-order valence-corrected chi connectivity index (χ2v) is 7.92. The molecule has 7 heteroatoms. The Morgan fingerprint density at radius 1 is 1.30 bits per heavy atom. The second-order valence-electron chi connectivity index (χ2n) is 5.88. The Morgan fingerprint density at radius 3 is 2.40 bits per heavy atom. The highest BCUT2D eigenvalue weighted by Crippen LogP contribution is 2.33. The highest BCUT2D eigenvalue weighted by molar-refractivity contribution is 7.89. The van der Waals surface area contributed by atoms with Crippen molar-refractivity contribution in [3.05, 3.63) is 0 Å². The smallest absolute Gasteiger partial charge is 0.224 e. The van der Waals surface area contributed by atoms with Crippen molar-refractivity contribution in [2.24, 2.45) is 11.7 Å². The average molecular weight is 303 g/mol. The van der Waals surface area contributed by atoms with Crippen molar-refractivity contribution in [1.82, 2.24) is 9.62 Å². The van der Waals surface area contributed by atoms with Crippen molar-refractivity contribution in [2.75, 3.05) is 18.8 Å². The van der Waals surface area contributed by atoms with Gasteiger partial charge in [-0.15, -0.1) is 0 Å². The van der Waals surface area contributed by atoms with E-state index in [4.69, 9.17) is 5.73 Å². The fourth-order valence-corrected chi connectivity index (χ4v) is 3.52. The van der Waals surface area contributed by atoms with Gasteiger partial charge in [0, 0.05) is 31.6 Å². The number of amides is 1. The lowest BCUT2D eigenvalue weighted by Crippen LogP contribution is -2.47. The number of hydrogen-bond acceptors (Lipinski definition) is 4. The van der Waals surface area contributed by atoms with Gasteiger partial charge in [-0.2, -0.15) is 0 Å². The molecule has 0 aromatic heterocycles. The Labute approximate surface area is 121 Å². The van der Waals surface area contributed by atoms with E-state index in [-0.39, 0.29) is 23.7 Å². The molecule has 0 bridgehead atoms. The fourth-order valence-electron chi connectivity index (χ4n) is 2.61. The van der Waals surface area contributed by atoms with Crippen LogP contribution in [0, 0.1) is 5.92 Å². The van der Waals surface area contributed by atoms with Crippen LogP contribution in [-0.4, -0.2) is 50.2 Å². The number of likely N-dealkylation sites (tertiary alicyclic amines) is 1. The summed E-state index contributed by atoms with van der Waals surface area (Å²) in [4.78, 5) is 13.9. The van der Waals surface area contributed by atoms with E-state index in [0.717, 1.165) is 12.8 Å². The first kappa shape index (κ1) is 15.7. The molecule has 0 aromatic carbocycles. The van der Waals surface area contributed by atoms with Gasteiger partial charge in [-0.05, 0) is 38.5 Å². The molecule has 2 fully saturated rings. The summed E-state index contributed by atoms with van der Waals surface area (Å²) in [6.07, 6.45) is 4.09. The summed E-state index contributed by atoms with van der Waals surface area (Å²) in [5, 5.41) is 0. The van der Waals surface area contributed by atoms with Gasteiger partial charge in [0.05, 0.1) is 5.75 Å². The molecule has 1 aliphatic carbocycles. The molecule has 1 unspecified atom stereocenters. The molecule has 6 nitrogen and oxygen atoms in total. The van der Waals surface area contributed by atoms with Crippen LogP contribution in [0.1, 0.15) is 39.0 Å². The molecule has 2 aliphatic rings. The quantitative estimate of drug-likeness (QED) is 0.725. The molecule has 116 valence electrons. The lowest BCUT2D eigenvalue weighted by molar-refractivity contribution is -0.132. The lowest BCUT2D eigenvalue weighted by atomic mass is 10.0. The van der Waals surface area contributed by atoms with Crippen LogP contribution in [0.5, 0.6) is 0 Å². The normalized spacial score (nSPS) is 22.8. The van der Waals surface area contributed by atoms with Crippen molar-refractivity contribution >= 4 is 15.9 Å². The predicted molar refractivity (Wildman–Crippen MR) is 77.5 cm³/mol. The highest BCUT2D eigenvalue weighted by Gasteiger charge is 2.32. The summed E-state index contributed by atoms with van der Waals surface area (Å²) in [6.45, 7) is 2.86. The summed E-state index contributed by atoms with van der Waals surface area (Å²) in [5.74, 6) is 0.747. The first-order chi connectivity index (χ1) is 9.41. The van der Waals surface area contributed by atoms with Crippen LogP contribution >= 0.6 is 0 Å². The number of hydrogen-bond donors (Lipinski definition) is 2. The monoisotopic (exact) mass is 303 g/mol. The third-order valence-corrected chi connectivity index (χ3v) is 5.66. The fraction of sp³-hybridized carbons (Fsp3) is 0.923. The maximum Gasteiger partial charge on any atom is 0.224 e. The van der Waals surface area contributed by atoms with Gasteiger partial charge in [-0.25, -0.2) is 13.1 Å². The van der Waals surface area contributed by atoms with Crippen molar-refractivity contribution < 1.29 is 13.2 Å². The van der Waals surface area contributed by atoms with Crippen LogP contribution in [0.4, 0.5) is 0 Å². The molecule has 1 saturated heterocycles. The molecule has 1 amide bonds. The van der Waals surface area contributed by atoms with Crippen LogP contribution in [-0.2, 0) is 14.8 Å². The van der Waals surface area contributed by atoms with Gasteiger partial charge in [-0.1, -0.05) is 0 Å². The minimum Gasteiger partial charge on any atom is -0.343 e. The third kappa shape index (κ3) is 4.43. The Balaban J connectivity index is 1.74. The molecule has 3 N–H and O–H groups in total. The van der Waals surface area contributed by atoms with E-state index < -0.39 is 10.0 Å². The van der Waals surface area contributed by atoms with Crippen molar-refractivity contribution in [3.8, 4) is 0 Å². The van der Waals surface area contributed by atoms with E-state index in [2.05, 4.69) is 4.72 Å². The zero-order valence-corrected chi connectivity index (χ0v) is 12.9. The van der Waals surface area contributed by atoms with Gasteiger partial charge in [0.15, 0.2) is 0 Å². The first-order valence-corrected chi connectivity index (χ1v) is 9.10. The van der Waals surface area contributed by atoms with Crippen LogP contribution in [0.3, 0.4) is 0 Å². The van der Waals surface area contributed by atoms with Crippen LogP contribution < -0.4 is 10.5 Å². The Hall–Kier alpha value is -0.660. The van der Waals surface area contributed by atoms with Crippen LogP contribution in [0.15, 0.2) is 0 Å². The number of nitrogens with one attached hydrogen (secondary N) is 1. The van der Waals surface area contributed by atoms with Gasteiger partial charge < -0.3 is 10.6 Å². The number of nitrogens with two attached hydrogens (primary N) is 1. The van der Waals surface area contributed by atoms with Gasteiger partial charge in [-0.3, -0.25) is 4.79 Å². The van der Waals surface area contributed by atoms with Gasteiger partial charge in [0.1, 0.15) is 0 Å². The summed E-state index contributed by atoms with van der Waals surface area (Å²) in [7, 11) is -3.15. The maximum atomic E-state index is 12.1. The SMILES string of the molecule is CCS(=O)(=O)NC1CCN(C(=O)CC(N)C2CC2)CC1. The van der Waals surface area contributed by atoms with Crippen LogP contribution in [0.2, 0.25) is 0 Å². The van der Waals surface area contributed by atoms with E-state index >= 15 is 0 Å². The number of piperidine rings is 1. The van der Waals surface area contributed by atoms with E-state index in [1.807, 2.05) is 4.90 Å². The first-order valence-electron chi connectivity index (χ1n) is 7.44. The van der Waals surface area contributed by atoms with Crippen molar-refractivity contribution in [2.45, 2.75) is 51.1 Å². The Kier molecular flexibility index (Phi) is 5.04. The molecule has 0 radical (unpaired) electrons. The molecular weight excluding hydrogens is 278 g/mol. The second kappa shape index (κ2) is 6.41. The molecule has 1 atom stereocenters. The lowest BCUT2D eigenvalue weighted by Gasteiger charge is -2.32. The standard InChI is InChI=1S/C13H25N3O3S/c1-2-20(18,19)15-11-5-7-16(8-6-11)13(17)9-12(14)10-3-4-10/h10-12,15H,2-9,14H2,1H3. The molecular formula is C13H25N3O3S. The summed E-state index contributed by atoms with van der Waals surface area (Å²) < 4.78 is 25.7. The molecule has 1 saturated carbocycles. The zero-order chi connectivity index (χ0) is 14.8. The summed E-state index contributed by atoms with van der Waals surface area (Å²) in [6, 6.07) is -0.0417.